The third-order valence-electron chi connectivity index (χ3n) is 4.95. The molecule has 0 spiro atoms. The van der Waals surface area contributed by atoms with E-state index in [1.165, 1.54) is 4.31 Å². The number of sulfonamides is 1. The second-order valence-electron chi connectivity index (χ2n) is 7.33. The summed E-state index contributed by atoms with van der Waals surface area (Å²) in [7, 11) is 3.47. The molecule has 1 N–H and O–H groups in total. The molecule has 0 aliphatic carbocycles. The van der Waals surface area contributed by atoms with E-state index in [0.717, 1.165) is 22.8 Å². The molecule has 0 amide bonds. The molecule has 2 aromatic carbocycles. The molecule has 2 aromatic rings. The maximum atomic E-state index is 12.6. The molecule has 0 bridgehead atoms. The van der Waals surface area contributed by atoms with Crippen LogP contribution < -0.4 is 10.1 Å². The van der Waals surface area contributed by atoms with Crippen LogP contribution in [0.2, 0.25) is 0 Å². The van der Waals surface area contributed by atoms with Gasteiger partial charge in [-0.15, -0.1) is 24.0 Å². The Bertz CT molecular complexity index is 963. The van der Waals surface area contributed by atoms with Crippen LogP contribution in [0.3, 0.4) is 0 Å². The molecule has 0 saturated carbocycles. The second kappa shape index (κ2) is 12.3. The molecule has 0 atom stereocenters. The van der Waals surface area contributed by atoms with Gasteiger partial charge >= 0.3 is 0 Å². The van der Waals surface area contributed by atoms with E-state index < -0.39 is 10.0 Å². The van der Waals surface area contributed by atoms with Crippen LogP contribution in [0, 0.1) is 0 Å². The Labute approximate surface area is 203 Å². The number of hydrogen-bond acceptors (Lipinski definition) is 4. The lowest BCUT2D eigenvalue weighted by atomic mass is 10.2. The Morgan fingerprint density at radius 3 is 2.26 bits per heavy atom. The van der Waals surface area contributed by atoms with Gasteiger partial charge in [-0.05, 0) is 37.6 Å². The number of hydrogen-bond donors (Lipinski definition) is 1. The lowest BCUT2D eigenvalue weighted by Crippen LogP contribution is -2.38. The van der Waals surface area contributed by atoms with Crippen LogP contribution in [-0.2, 0) is 23.1 Å². The van der Waals surface area contributed by atoms with Gasteiger partial charge in [0, 0.05) is 45.8 Å². The summed E-state index contributed by atoms with van der Waals surface area (Å²) in [6.45, 7) is 4.87. The Hall–Kier alpha value is -1.85. The summed E-state index contributed by atoms with van der Waals surface area (Å²) in [5.74, 6) is 1.57. The van der Waals surface area contributed by atoms with Gasteiger partial charge in [0.05, 0.1) is 12.0 Å². The number of benzene rings is 2. The van der Waals surface area contributed by atoms with Crippen LogP contribution in [-0.4, -0.2) is 57.9 Å². The molecule has 0 aliphatic rings. The van der Waals surface area contributed by atoms with Gasteiger partial charge in [-0.2, -0.15) is 4.31 Å². The van der Waals surface area contributed by atoms with Crippen LogP contribution in [0.25, 0.3) is 0 Å². The molecular weight excluding hydrogens is 527 g/mol. The predicted molar refractivity (Wildman–Crippen MR) is 137 cm³/mol. The average Bonchev–Trinajstić information content (AvgIpc) is 2.74. The number of guanidine groups is 1. The van der Waals surface area contributed by atoms with E-state index in [1.54, 1.807) is 33.3 Å². The Morgan fingerprint density at radius 1 is 1.10 bits per heavy atom. The van der Waals surface area contributed by atoms with Gasteiger partial charge < -0.3 is 15.0 Å². The summed E-state index contributed by atoms with van der Waals surface area (Å²) in [4.78, 5) is 6.64. The summed E-state index contributed by atoms with van der Waals surface area (Å²) in [6, 6.07) is 14.7. The lowest BCUT2D eigenvalue weighted by Gasteiger charge is -2.23. The quantitative estimate of drug-likeness (QED) is 0.304. The number of methoxy groups -OCH3 is 1. The predicted octanol–water partition coefficient (Wildman–Crippen LogP) is 3.55. The summed E-state index contributed by atoms with van der Waals surface area (Å²) < 4.78 is 32.0. The van der Waals surface area contributed by atoms with Gasteiger partial charge in [-0.1, -0.05) is 30.3 Å². The first-order valence-electron chi connectivity index (χ1n) is 9.81. The topological polar surface area (TPSA) is 74.2 Å². The zero-order chi connectivity index (χ0) is 22.3. The fourth-order valence-electron chi connectivity index (χ4n) is 2.95. The van der Waals surface area contributed by atoms with Gasteiger partial charge in [0.2, 0.25) is 10.0 Å². The molecule has 0 aliphatic heterocycles. The number of aliphatic imine (C=N–C) groups is 1. The average molecular weight is 561 g/mol. The molecular formula is C22H33IN4O3S. The van der Waals surface area contributed by atoms with Crippen LogP contribution in [0.15, 0.2) is 58.4 Å². The summed E-state index contributed by atoms with van der Waals surface area (Å²) in [6.07, 6.45) is 0. The summed E-state index contributed by atoms with van der Waals surface area (Å²) >= 11 is 0. The fourth-order valence-corrected chi connectivity index (χ4v) is 4.32. The highest BCUT2D eigenvalue weighted by Gasteiger charge is 2.22. The minimum atomic E-state index is -3.48. The van der Waals surface area contributed by atoms with Crippen LogP contribution in [0.5, 0.6) is 5.75 Å². The van der Waals surface area contributed by atoms with Crippen molar-refractivity contribution < 1.29 is 13.2 Å². The minimum Gasteiger partial charge on any atom is -0.496 e. The number of nitrogens with one attached hydrogen (secondary N) is 1. The number of para-hydroxylation sites is 1. The van der Waals surface area contributed by atoms with Crippen molar-refractivity contribution in [3.63, 3.8) is 0 Å². The fraction of sp³-hybridized carbons (Fsp3) is 0.409. The molecule has 0 fully saturated rings. The number of rotatable bonds is 8. The van der Waals surface area contributed by atoms with Gasteiger partial charge in [0.25, 0.3) is 0 Å². The zero-order valence-electron chi connectivity index (χ0n) is 19.0. The smallest absolute Gasteiger partial charge is 0.243 e. The van der Waals surface area contributed by atoms with Gasteiger partial charge in [0.15, 0.2) is 5.96 Å². The molecule has 0 aromatic heterocycles. The van der Waals surface area contributed by atoms with Crippen LogP contribution >= 0.6 is 24.0 Å². The molecule has 7 nitrogen and oxygen atoms in total. The third-order valence-corrected chi connectivity index (χ3v) is 7.00. The van der Waals surface area contributed by atoms with Crippen molar-refractivity contribution in [1.82, 2.24) is 14.5 Å². The number of ether oxygens (including phenoxy) is 1. The lowest BCUT2D eigenvalue weighted by molar-refractivity contribution is 0.396. The van der Waals surface area contributed by atoms with Crippen molar-refractivity contribution in [2.75, 3.05) is 28.3 Å². The van der Waals surface area contributed by atoms with E-state index in [1.807, 2.05) is 62.2 Å². The van der Waals surface area contributed by atoms with E-state index in [4.69, 9.17) is 4.74 Å². The Balaban J connectivity index is 0.00000480. The summed E-state index contributed by atoms with van der Waals surface area (Å²) in [5.41, 5.74) is 2.03. The molecule has 0 saturated heterocycles. The normalized spacial score (nSPS) is 11.9. The first-order valence-corrected chi connectivity index (χ1v) is 11.2. The van der Waals surface area contributed by atoms with Gasteiger partial charge in [0.1, 0.15) is 5.75 Å². The monoisotopic (exact) mass is 560 g/mol. The van der Waals surface area contributed by atoms with Crippen molar-refractivity contribution in [3.8, 4) is 5.75 Å². The highest BCUT2D eigenvalue weighted by molar-refractivity contribution is 14.0. The molecule has 9 heteroatoms. The number of nitrogens with zero attached hydrogens (tertiary/aromatic N) is 3. The molecule has 0 heterocycles. The largest absolute Gasteiger partial charge is 0.496 e. The van der Waals surface area contributed by atoms with Crippen LogP contribution in [0.4, 0.5) is 0 Å². The molecule has 0 radical (unpaired) electrons. The van der Waals surface area contributed by atoms with E-state index in [0.29, 0.717) is 18.0 Å². The summed E-state index contributed by atoms with van der Waals surface area (Å²) in [5, 5.41) is 3.32. The maximum Gasteiger partial charge on any atom is 0.243 e. The zero-order valence-corrected chi connectivity index (χ0v) is 22.1. The highest BCUT2D eigenvalue weighted by Crippen LogP contribution is 2.19. The minimum absolute atomic E-state index is 0. The molecule has 172 valence electrons. The molecule has 31 heavy (non-hydrogen) atoms. The maximum absolute atomic E-state index is 12.6. The molecule has 0 unspecified atom stereocenters. The van der Waals surface area contributed by atoms with Crippen molar-refractivity contribution in [2.24, 2.45) is 4.99 Å². The first kappa shape index (κ1) is 27.2. The van der Waals surface area contributed by atoms with Crippen LogP contribution in [0.1, 0.15) is 25.0 Å². The van der Waals surface area contributed by atoms with Crippen molar-refractivity contribution in [1.29, 1.82) is 0 Å². The second-order valence-corrected chi connectivity index (χ2v) is 9.33. The third kappa shape index (κ3) is 7.08. The Kier molecular flexibility index (Phi) is 10.7. The van der Waals surface area contributed by atoms with Gasteiger partial charge in [-0.25, -0.2) is 8.42 Å². The van der Waals surface area contributed by atoms with Crippen molar-refractivity contribution >= 4 is 40.0 Å². The van der Waals surface area contributed by atoms with Gasteiger partial charge in [-0.3, -0.25) is 4.99 Å². The van der Waals surface area contributed by atoms with E-state index in [2.05, 4.69) is 10.3 Å². The Morgan fingerprint density at radius 2 is 1.71 bits per heavy atom. The highest BCUT2D eigenvalue weighted by atomic mass is 127. The number of halogens is 1. The molecule has 2 rings (SSSR count). The van der Waals surface area contributed by atoms with Crippen molar-refractivity contribution in [3.05, 3.63) is 59.7 Å². The van der Waals surface area contributed by atoms with E-state index >= 15 is 0 Å². The van der Waals surface area contributed by atoms with Crippen molar-refractivity contribution in [2.45, 2.75) is 37.9 Å². The van der Waals surface area contributed by atoms with E-state index in [9.17, 15) is 8.42 Å². The standard InChI is InChI=1S/C22H32N4O3S.HI/c1-17(2)26(5)30(27,28)20-13-11-18(12-14-20)15-24-22(23-3)25(4)16-19-9-7-8-10-21(19)29-6;/h7-14,17H,15-16H2,1-6H3,(H,23,24);1H. The van der Waals surface area contributed by atoms with E-state index in [-0.39, 0.29) is 30.0 Å². The SMILES string of the molecule is CN=C(NCc1ccc(S(=O)(=O)N(C)C(C)C)cc1)N(C)Cc1ccccc1OC.I. The first-order chi connectivity index (χ1) is 14.2.